The average Bonchev–Trinajstić information content (AvgIpc) is 2.27. The Hall–Kier alpha value is -0.570. The van der Waals surface area contributed by atoms with Gasteiger partial charge in [-0.1, -0.05) is 15.9 Å². The molecule has 4 nitrogen and oxygen atoms in total. The highest BCUT2D eigenvalue weighted by atomic mass is 79.9. The number of sulfonamides is 1. The van der Waals surface area contributed by atoms with Crippen LogP contribution < -0.4 is 4.72 Å². The predicted octanol–water partition coefficient (Wildman–Crippen LogP) is 1.36. The number of hydrogen-bond acceptors (Lipinski definition) is 3. The van der Waals surface area contributed by atoms with Crippen molar-refractivity contribution < 1.29 is 22.3 Å². The summed E-state index contributed by atoms with van der Waals surface area (Å²) in [6.45, 7) is -2.54. The summed E-state index contributed by atoms with van der Waals surface area (Å²) in [7, 11) is -3.98. The van der Waals surface area contributed by atoms with Gasteiger partial charge in [-0.25, -0.2) is 21.9 Å². The lowest BCUT2D eigenvalue weighted by molar-refractivity contribution is -0.0437. The van der Waals surface area contributed by atoms with Crippen molar-refractivity contribution in [2.24, 2.45) is 0 Å². The Morgan fingerprint density at radius 3 is 2.29 bits per heavy atom. The van der Waals surface area contributed by atoms with Crippen molar-refractivity contribution in [2.75, 3.05) is 13.2 Å². The molecule has 0 saturated heterocycles. The van der Waals surface area contributed by atoms with Crippen LogP contribution in [0.3, 0.4) is 0 Å². The van der Waals surface area contributed by atoms with Crippen molar-refractivity contribution in [3.05, 3.63) is 28.7 Å². The van der Waals surface area contributed by atoms with E-state index in [1.165, 1.54) is 24.3 Å². The first-order valence-electron chi connectivity index (χ1n) is 4.51. The second-order valence-corrected chi connectivity index (χ2v) is 5.98. The summed E-state index contributed by atoms with van der Waals surface area (Å²) in [5.41, 5.74) is 0. The summed E-state index contributed by atoms with van der Waals surface area (Å²) in [5, 5.41) is 8.31. The summed E-state index contributed by atoms with van der Waals surface area (Å²) in [6.07, 6.45) is 0. The summed E-state index contributed by atoms with van der Waals surface area (Å²) in [4.78, 5) is -0.116. The molecular weight excluding hydrogens is 320 g/mol. The Morgan fingerprint density at radius 2 is 1.82 bits per heavy atom. The minimum absolute atomic E-state index is 0.116. The lowest BCUT2D eigenvalue weighted by atomic mass is 10.4. The molecular formula is C9H10BrF2NO3S. The molecule has 0 heterocycles. The molecule has 1 aromatic rings. The van der Waals surface area contributed by atoms with Crippen LogP contribution in [0.5, 0.6) is 0 Å². The van der Waals surface area contributed by atoms with Crippen molar-refractivity contribution in [2.45, 2.75) is 10.8 Å². The molecule has 0 spiro atoms. The average molecular weight is 330 g/mol. The van der Waals surface area contributed by atoms with Crippen LogP contribution in [0.25, 0.3) is 0 Å². The Balaban J connectivity index is 2.79. The van der Waals surface area contributed by atoms with Gasteiger partial charge in [0.2, 0.25) is 10.0 Å². The molecule has 0 radical (unpaired) electrons. The Kier molecular flexibility index (Phi) is 4.59. The largest absolute Gasteiger partial charge is 0.390 e. The highest BCUT2D eigenvalue weighted by Gasteiger charge is 2.30. The molecule has 1 rings (SSSR count). The molecule has 0 saturated carbocycles. The molecule has 0 aliphatic rings. The molecule has 0 unspecified atom stereocenters. The van der Waals surface area contributed by atoms with Gasteiger partial charge < -0.3 is 5.11 Å². The van der Waals surface area contributed by atoms with Gasteiger partial charge in [0.05, 0.1) is 11.4 Å². The van der Waals surface area contributed by atoms with Crippen LogP contribution >= 0.6 is 15.9 Å². The lowest BCUT2D eigenvalue weighted by Crippen LogP contribution is -2.38. The molecule has 8 heteroatoms. The number of rotatable bonds is 5. The van der Waals surface area contributed by atoms with Gasteiger partial charge >= 0.3 is 0 Å². The van der Waals surface area contributed by atoms with Crippen molar-refractivity contribution in [3.8, 4) is 0 Å². The Morgan fingerprint density at radius 1 is 1.29 bits per heavy atom. The van der Waals surface area contributed by atoms with E-state index in [0.717, 1.165) is 0 Å². The summed E-state index contributed by atoms with van der Waals surface area (Å²) >= 11 is 3.13. The fourth-order valence-corrected chi connectivity index (χ4v) is 2.28. The molecule has 0 fully saturated rings. The predicted molar refractivity (Wildman–Crippen MR) is 61.4 cm³/mol. The molecule has 0 bridgehead atoms. The third kappa shape index (κ3) is 4.30. The second kappa shape index (κ2) is 5.38. The second-order valence-electron chi connectivity index (χ2n) is 3.29. The van der Waals surface area contributed by atoms with E-state index in [1.807, 2.05) is 0 Å². The van der Waals surface area contributed by atoms with Crippen molar-refractivity contribution in [3.63, 3.8) is 0 Å². The van der Waals surface area contributed by atoms with Gasteiger partial charge in [0.25, 0.3) is 5.92 Å². The number of nitrogens with one attached hydrogen (secondary N) is 1. The maximum Gasteiger partial charge on any atom is 0.283 e. The number of aliphatic hydroxyl groups excluding tert-OH is 1. The summed E-state index contributed by atoms with van der Waals surface area (Å²) < 4.78 is 50.9. The fourth-order valence-electron chi connectivity index (χ4n) is 0.954. The zero-order valence-corrected chi connectivity index (χ0v) is 10.9. The van der Waals surface area contributed by atoms with Gasteiger partial charge in [-0.2, -0.15) is 0 Å². The smallest absolute Gasteiger partial charge is 0.283 e. The highest BCUT2D eigenvalue weighted by molar-refractivity contribution is 9.10. The molecule has 2 N–H and O–H groups in total. The van der Waals surface area contributed by atoms with Crippen LogP contribution in [0, 0.1) is 0 Å². The molecule has 0 amide bonds. The SMILES string of the molecule is O=S(=O)(NCC(F)(F)CO)c1ccc(Br)cc1. The Labute approximate surface area is 106 Å². The lowest BCUT2D eigenvalue weighted by Gasteiger charge is -2.14. The third-order valence-corrected chi connectivity index (χ3v) is 3.82. The molecule has 96 valence electrons. The van der Waals surface area contributed by atoms with E-state index >= 15 is 0 Å². The maximum absolute atomic E-state index is 12.7. The van der Waals surface area contributed by atoms with E-state index < -0.39 is 29.1 Å². The van der Waals surface area contributed by atoms with Gasteiger partial charge in [0, 0.05) is 4.47 Å². The van der Waals surface area contributed by atoms with Crippen LogP contribution in [-0.2, 0) is 10.0 Å². The van der Waals surface area contributed by atoms with E-state index in [1.54, 1.807) is 4.72 Å². The van der Waals surface area contributed by atoms with E-state index in [-0.39, 0.29) is 4.90 Å². The van der Waals surface area contributed by atoms with E-state index in [4.69, 9.17) is 5.11 Å². The topological polar surface area (TPSA) is 66.4 Å². The zero-order valence-electron chi connectivity index (χ0n) is 8.53. The summed E-state index contributed by atoms with van der Waals surface area (Å²) in [6, 6.07) is 5.53. The van der Waals surface area contributed by atoms with E-state index in [0.29, 0.717) is 4.47 Å². The van der Waals surface area contributed by atoms with E-state index in [9.17, 15) is 17.2 Å². The normalized spacial score (nSPS) is 12.7. The standard InChI is InChI=1S/C9H10BrF2NO3S/c10-7-1-3-8(4-2-7)17(15,16)13-5-9(11,12)6-14/h1-4,13-14H,5-6H2. The van der Waals surface area contributed by atoms with E-state index in [2.05, 4.69) is 15.9 Å². The minimum atomic E-state index is -3.98. The highest BCUT2D eigenvalue weighted by Crippen LogP contribution is 2.16. The van der Waals surface area contributed by atoms with Crippen LogP contribution in [0.15, 0.2) is 33.6 Å². The van der Waals surface area contributed by atoms with Crippen LogP contribution in [-0.4, -0.2) is 32.6 Å². The van der Waals surface area contributed by atoms with Gasteiger partial charge in [-0.05, 0) is 24.3 Å². The molecule has 0 aliphatic heterocycles. The zero-order chi connectivity index (χ0) is 13.1. The minimum Gasteiger partial charge on any atom is -0.390 e. The monoisotopic (exact) mass is 329 g/mol. The molecule has 0 aliphatic carbocycles. The number of benzene rings is 1. The number of aliphatic hydroxyl groups is 1. The molecule has 1 aromatic carbocycles. The van der Waals surface area contributed by atoms with Gasteiger partial charge in [0.15, 0.2) is 0 Å². The van der Waals surface area contributed by atoms with Gasteiger partial charge in [0.1, 0.15) is 6.61 Å². The number of halogens is 3. The first-order valence-corrected chi connectivity index (χ1v) is 6.78. The van der Waals surface area contributed by atoms with Crippen molar-refractivity contribution in [1.29, 1.82) is 0 Å². The van der Waals surface area contributed by atoms with Crippen LogP contribution in [0.1, 0.15) is 0 Å². The van der Waals surface area contributed by atoms with Gasteiger partial charge in [-0.3, -0.25) is 0 Å². The first kappa shape index (κ1) is 14.5. The maximum atomic E-state index is 12.7. The molecule has 17 heavy (non-hydrogen) atoms. The number of alkyl halides is 2. The van der Waals surface area contributed by atoms with Crippen molar-refractivity contribution >= 4 is 26.0 Å². The molecule has 0 aromatic heterocycles. The van der Waals surface area contributed by atoms with Crippen LogP contribution in [0.2, 0.25) is 0 Å². The first-order chi connectivity index (χ1) is 7.77. The summed E-state index contributed by atoms with van der Waals surface area (Å²) in [5.74, 6) is -3.47. The van der Waals surface area contributed by atoms with Crippen molar-refractivity contribution in [1.82, 2.24) is 4.72 Å². The molecule has 0 atom stereocenters. The fraction of sp³-hybridized carbons (Fsp3) is 0.333. The van der Waals surface area contributed by atoms with Crippen LogP contribution in [0.4, 0.5) is 8.78 Å². The number of hydrogen-bond donors (Lipinski definition) is 2. The quantitative estimate of drug-likeness (QED) is 0.857. The third-order valence-electron chi connectivity index (χ3n) is 1.88. The van der Waals surface area contributed by atoms with Gasteiger partial charge in [-0.15, -0.1) is 0 Å². The Bertz CT molecular complexity index is 476.